The van der Waals surface area contributed by atoms with Crippen LogP contribution in [0.1, 0.15) is 19.8 Å². The lowest BCUT2D eigenvalue weighted by molar-refractivity contribution is -0.114. The largest absolute Gasteiger partial charge is 0.295 e. The van der Waals surface area contributed by atoms with Crippen molar-refractivity contribution in [3.63, 3.8) is 0 Å². The quantitative estimate of drug-likeness (QED) is 0.439. The molecule has 0 saturated carbocycles. The topological polar surface area (TPSA) is 17.1 Å². The molecule has 0 rings (SSSR count). The van der Waals surface area contributed by atoms with Gasteiger partial charge in [0.1, 0.15) is 0 Å². The molecule has 0 amide bonds. The molecule has 0 spiro atoms. The zero-order chi connectivity index (χ0) is 7.11. The summed E-state index contributed by atoms with van der Waals surface area (Å²) in [6, 6.07) is 0. The summed E-state index contributed by atoms with van der Waals surface area (Å²) in [5, 5.41) is 0. The lowest BCUT2D eigenvalue weighted by Crippen LogP contribution is -1.91. The van der Waals surface area contributed by atoms with Crippen LogP contribution in [0.2, 0.25) is 0 Å². The molecule has 0 aliphatic carbocycles. The Morgan fingerprint density at radius 1 is 1.67 bits per heavy atom. The Balaban J connectivity index is 3.27. The van der Waals surface area contributed by atoms with Gasteiger partial charge in [-0.2, -0.15) is 0 Å². The van der Waals surface area contributed by atoms with Crippen LogP contribution in [-0.4, -0.2) is 11.7 Å². The Labute approximate surface area is 60.7 Å². The van der Waals surface area contributed by atoms with Crippen molar-refractivity contribution >= 4 is 17.4 Å². The standard InChI is InChI=1S/C7H11ClO/c1-2-4-7(9)5-3-6-8/h2,4H,3,5-6H2,1H3. The van der Waals surface area contributed by atoms with E-state index in [4.69, 9.17) is 11.6 Å². The van der Waals surface area contributed by atoms with Gasteiger partial charge in [0, 0.05) is 12.3 Å². The van der Waals surface area contributed by atoms with Gasteiger partial charge < -0.3 is 0 Å². The van der Waals surface area contributed by atoms with Crippen molar-refractivity contribution in [2.75, 3.05) is 5.88 Å². The van der Waals surface area contributed by atoms with Crippen LogP contribution in [0.4, 0.5) is 0 Å². The lowest BCUT2D eigenvalue weighted by atomic mass is 10.2. The second-order valence-electron chi connectivity index (χ2n) is 1.76. The number of alkyl halides is 1. The Hall–Kier alpha value is -0.300. The zero-order valence-electron chi connectivity index (χ0n) is 5.56. The first-order chi connectivity index (χ1) is 4.31. The van der Waals surface area contributed by atoms with Gasteiger partial charge in [-0.05, 0) is 19.4 Å². The average Bonchev–Trinajstić information content (AvgIpc) is 1.85. The highest BCUT2D eigenvalue weighted by Gasteiger charge is 1.92. The molecule has 2 heteroatoms. The molecule has 9 heavy (non-hydrogen) atoms. The maximum absolute atomic E-state index is 10.7. The number of carbonyl (C=O) groups is 1. The predicted molar refractivity (Wildman–Crippen MR) is 39.8 cm³/mol. The third kappa shape index (κ3) is 5.57. The molecule has 0 aromatic carbocycles. The highest BCUT2D eigenvalue weighted by Crippen LogP contribution is 1.93. The Morgan fingerprint density at radius 3 is 2.78 bits per heavy atom. The minimum absolute atomic E-state index is 0.165. The molecule has 0 radical (unpaired) electrons. The highest BCUT2D eigenvalue weighted by molar-refractivity contribution is 6.18. The fourth-order valence-corrected chi connectivity index (χ4v) is 0.644. The summed E-state index contributed by atoms with van der Waals surface area (Å²) in [6.07, 6.45) is 4.68. The van der Waals surface area contributed by atoms with E-state index in [1.165, 1.54) is 0 Å². The van der Waals surface area contributed by atoms with Crippen molar-refractivity contribution in [1.29, 1.82) is 0 Å². The van der Waals surface area contributed by atoms with E-state index in [2.05, 4.69) is 0 Å². The Kier molecular flexibility index (Phi) is 5.64. The first-order valence-corrected chi connectivity index (χ1v) is 3.56. The molecule has 0 saturated heterocycles. The molecular weight excluding hydrogens is 136 g/mol. The van der Waals surface area contributed by atoms with Gasteiger partial charge in [0.2, 0.25) is 0 Å². The summed E-state index contributed by atoms with van der Waals surface area (Å²) in [6.45, 7) is 1.83. The Morgan fingerprint density at radius 2 is 2.33 bits per heavy atom. The molecule has 0 aromatic rings. The molecule has 0 aromatic heterocycles. The molecule has 0 unspecified atom stereocenters. The maximum Gasteiger partial charge on any atom is 0.155 e. The van der Waals surface area contributed by atoms with Crippen molar-refractivity contribution < 1.29 is 4.79 Å². The molecular formula is C7H11ClO. The van der Waals surface area contributed by atoms with Gasteiger partial charge in [0.15, 0.2) is 5.78 Å². The van der Waals surface area contributed by atoms with E-state index in [9.17, 15) is 4.79 Å². The third-order valence-corrected chi connectivity index (χ3v) is 1.18. The second kappa shape index (κ2) is 5.83. The number of halogens is 1. The van der Waals surface area contributed by atoms with Crippen molar-refractivity contribution in [2.45, 2.75) is 19.8 Å². The lowest BCUT2D eigenvalue weighted by Gasteiger charge is -1.88. The minimum Gasteiger partial charge on any atom is -0.295 e. The summed E-state index contributed by atoms with van der Waals surface area (Å²) >= 11 is 5.37. The van der Waals surface area contributed by atoms with E-state index in [1.807, 2.05) is 6.92 Å². The average molecular weight is 147 g/mol. The van der Waals surface area contributed by atoms with Gasteiger partial charge in [0.05, 0.1) is 0 Å². The number of ketones is 1. The van der Waals surface area contributed by atoms with Gasteiger partial charge in [0.25, 0.3) is 0 Å². The molecule has 0 bridgehead atoms. The molecule has 1 nitrogen and oxygen atoms in total. The molecule has 0 aliphatic heterocycles. The van der Waals surface area contributed by atoms with Crippen LogP contribution in [0.25, 0.3) is 0 Å². The summed E-state index contributed by atoms with van der Waals surface area (Å²) in [4.78, 5) is 10.7. The summed E-state index contributed by atoms with van der Waals surface area (Å²) in [5.41, 5.74) is 0. The van der Waals surface area contributed by atoms with Crippen LogP contribution < -0.4 is 0 Å². The van der Waals surface area contributed by atoms with E-state index in [-0.39, 0.29) is 5.78 Å². The number of hydrogen-bond acceptors (Lipinski definition) is 1. The fraction of sp³-hybridized carbons (Fsp3) is 0.571. The second-order valence-corrected chi connectivity index (χ2v) is 2.14. The summed E-state index contributed by atoms with van der Waals surface area (Å²) < 4.78 is 0. The SMILES string of the molecule is CC=CC(=O)CCCCl. The van der Waals surface area contributed by atoms with E-state index >= 15 is 0 Å². The number of carbonyl (C=O) groups excluding carboxylic acids is 1. The number of allylic oxidation sites excluding steroid dienone is 2. The van der Waals surface area contributed by atoms with Crippen molar-refractivity contribution in [1.82, 2.24) is 0 Å². The molecule has 0 heterocycles. The van der Waals surface area contributed by atoms with Crippen LogP contribution in [-0.2, 0) is 4.79 Å². The van der Waals surface area contributed by atoms with Gasteiger partial charge >= 0.3 is 0 Å². The Bertz CT molecular complexity index is 107. The summed E-state index contributed by atoms with van der Waals surface area (Å²) in [7, 11) is 0. The monoisotopic (exact) mass is 146 g/mol. The number of hydrogen-bond donors (Lipinski definition) is 0. The van der Waals surface area contributed by atoms with E-state index in [0.29, 0.717) is 12.3 Å². The van der Waals surface area contributed by atoms with Crippen LogP contribution in [0.5, 0.6) is 0 Å². The highest BCUT2D eigenvalue weighted by atomic mass is 35.5. The maximum atomic E-state index is 10.7. The smallest absolute Gasteiger partial charge is 0.155 e. The fourth-order valence-electron chi connectivity index (χ4n) is 0.510. The van der Waals surface area contributed by atoms with Crippen LogP contribution in [0.3, 0.4) is 0 Å². The number of rotatable bonds is 4. The van der Waals surface area contributed by atoms with E-state index in [1.54, 1.807) is 12.2 Å². The third-order valence-electron chi connectivity index (χ3n) is 0.909. The van der Waals surface area contributed by atoms with Gasteiger partial charge in [-0.3, -0.25) is 4.79 Å². The van der Waals surface area contributed by atoms with E-state index in [0.717, 1.165) is 6.42 Å². The molecule has 0 aliphatic rings. The van der Waals surface area contributed by atoms with E-state index < -0.39 is 0 Å². The van der Waals surface area contributed by atoms with Gasteiger partial charge in [-0.1, -0.05) is 6.08 Å². The molecule has 0 N–H and O–H groups in total. The van der Waals surface area contributed by atoms with Gasteiger partial charge in [-0.15, -0.1) is 11.6 Å². The van der Waals surface area contributed by atoms with Crippen molar-refractivity contribution in [3.8, 4) is 0 Å². The van der Waals surface area contributed by atoms with Crippen molar-refractivity contribution in [2.24, 2.45) is 0 Å². The van der Waals surface area contributed by atoms with Crippen molar-refractivity contribution in [3.05, 3.63) is 12.2 Å². The van der Waals surface area contributed by atoms with Crippen LogP contribution in [0.15, 0.2) is 12.2 Å². The van der Waals surface area contributed by atoms with Gasteiger partial charge in [-0.25, -0.2) is 0 Å². The zero-order valence-corrected chi connectivity index (χ0v) is 6.32. The summed E-state index contributed by atoms with van der Waals surface area (Å²) in [5.74, 6) is 0.738. The predicted octanol–water partition coefficient (Wildman–Crippen LogP) is 2.15. The molecule has 0 atom stereocenters. The normalized spacial score (nSPS) is 10.4. The van der Waals surface area contributed by atoms with Crippen LogP contribution in [0, 0.1) is 0 Å². The molecule has 0 fully saturated rings. The molecule has 52 valence electrons. The van der Waals surface area contributed by atoms with Crippen LogP contribution >= 0.6 is 11.6 Å². The first-order valence-electron chi connectivity index (χ1n) is 3.02. The first kappa shape index (κ1) is 8.70. The minimum atomic E-state index is 0.165.